The fraction of sp³-hybridized carbons (Fsp3) is 1.00. The Morgan fingerprint density at radius 1 is 1.00 bits per heavy atom. The minimum atomic E-state index is -0.299. The maximum atomic E-state index is 9.71. The average molecular weight is 202 g/mol. The lowest BCUT2D eigenvalue weighted by Gasteiger charge is -2.18. The Kier molecular flexibility index (Phi) is 9.42. The van der Waals surface area contributed by atoms with Gasteiger partial charge in [0.15, 0.2) is 0 Å². The zero-order valence-electron chi connectivity index (χ0n) is 9.71. The summed E-state index contributed by atoms with van der Waals surface area (Å²) in [5, 5.41) is 18.7. The van der Waals surface area contributed by atoms with Crippen molar-refractivity contribution in [2.24, 2.45) is 5.92 Å². The lowest BCUT2D eigenvalue weighted by atomic mass is 9.95. The van der Waals surface area contributed by atoms with Crippen LogP contribution in [0.15, 0.2) is 0 Å². The number of aliphatic hydroxyl groups is 2. The molecule has 0 amide bonds. The van der Waals surface area contributed by atoms with Crippen LogP contribution in [-0.2, 0) is 0 Å². The van der Waals surface area contributed by atoms with Gasteiger partial charge in [0.1, 0.15) is 0 Å². The van der Waals surface area contributed by atoms with Crippen molar-refractivity contribution >= 4 is 0 Å². The van der Waals surface area contributed by atoms with Crippen LogP contribution in [0.5, 0.6) is 0 Å². The van der Waals surface area contributed by atoms with E-state index in [2.05, 4.69) is 6.92 Å². The molecule has 2 heteroatoms. The van der Waals surface area contributed by atoms with Crippen LogP contribution in [0.1, 0.15) is 58.8 Å². The zero-order valence-corrected chi connectivity index (χ0v) is 9.71. The summed E-state index contributed by atoms with van der Waals surface area (Å²) in [5.41, 5.74) is 0. The van der Waals surface area contributed by atoms with Gasteiger partial charge in [-0.15, -0.1) is 0 Å². The second-order valence-corrected chi connectivity index (χ2v) is 4.12. The normalized spacial score (nSPS) is 15.4. The average Bonchev–Trinajstić information content (AvgIpc) is 2.19. The fourth-order valence-corrected chi connectivity index (χ4v) is 1.72. The molecule has 0 bridgehead atoms. The van der Waals surface area contributed by atoms with E-state index in [-0.39, 0.29) is 18.6 Å². The van der Waals surface area contributed by atoms with Crippen molar-refractivity contribution in [3.05, 3.63) is 0 Å². The van der Waals surface area contributed by atoms with Crippen LogP contribution in [0.4, 0.5) is 0 Å². The van der Waals surface area contributed by atoms with Crippen LogP contribution in [0.25, 0.3) is 0 Å². The van der Waals surface area contributed by atoms with Crippen molar-refractivity contribution in [3.8, 4) is 0 Å². The van der Waals surface area contributed by atoms with Crippen molar-refractivity contribution in [1.82, 2.24) is 0 Å². The highest BCUT2D eigenvalue weighted by atomic mass is 16.3. The van der Waals surface area contributed by atoms with Crippen molar-refractivity contribution in [3.63, 3.8) is 0 Å². The van der Waals surface area contributed by atoms with Gasteiger partial charge in [0.05, 0.1) is 6.10 Å². The number of rotatable bonds is 9. The highest BCUT2D eigenvalue weighted by molar-refractivity contribution is 4.66. The summed E-state index contributed by atoms with van der Waals surface area (Å²) in [6.45, 7) is 4.33. The molecule has 0 fully saturated rings. The molecule has 14 heavy (non-hydrogen) atoms. The van der Waals surface area contributed by atoms with Crippen LogP contribution >= 0.6 is 0 Å². The fourth-order valence-electron chi connectivity index (χ4n) is 1.72. The molecule has 0 aromatic carbocycles. The summed E-state index contributed by atoms with van der Waals surface area (Å²) in [6, 6.07) is 0. The topological polar surface area (TPSA) is 40.5 Å². The first kappa shape index (κ1) is 13.9. The SMILES string of the molecule is CCCCCCC[C@@H](O)[C@H](CC)CO. The molecule has 0 aliphatic heterocycles. The highest BCUT2D eigenvalue weighted by Gasteiger charge is 2.15. The molecule has 86 valence electrons. The van der Waals surface area contributed by atoms with E-state index in [0.29, 0.717) is 0 Å². The molecule has 2 atom stereocenters. The monoisotopic (exact) mass is 202 g/mol. The van der Waals surface area contributed by atoms with Gasteiger partial charge in [0.2, 0.25) is 0 Å². The van der Waals surface area contributed by atoms with Crippen molar-refractivity contribution in [2.75, 3.05) is 6.61 Å². The molecular weight excluding hydrogens is 176 g/mol. The molecule has 0 rings (SSSR count). The molecule has 2 nitrogen and oxygen atoms in total. The van der Waals surface area contributed by atoms with E-state index >= 15 is 0 Å². The third-order valence-corrected chi connectivity index (χ3v) is 2.91. The second kappa shape index (κ2) is 9.47. The van der Waals surface area contributed by atoms with E-state index in [9.17, 15) is 5.11 Å². The largest absolute Gasteiger partial charge is 0.396 e. The summed E-state index contributed by atoms with van der Waals surface area (Å²) in [6.07, 6.45) is 7.56. The molecule has 0 heterocycles. The summed E-state index contributed by atoms with van der Waals surface area (Å²) >= 11 is 0. The Morgan fingerprint density at radius 2 is 1.64 bits per heavy atom. The van der Waals surface area contributed by atoms with Crippen LogP contribution in [0, 0.1) is 5.92 Å². The lowest BCUT2D eigenvalue weighted by Crippen LogP contribution is -2.22. The number of hydrogen-bond donors (Lipinski definition) is 2. The highest BCUT2D eigenvalue weighted by Crippen LogP contribution is 2.15. The maximum absolute atomic E-state index is 9.71. The van der Waals surface area contributed by atoms with E-state index in [1.54, 1.807) is 0 Å². The first-order chi connectivity index (χ1) is 6.76. The molecule has 0 saturated heterocycles. The maximum Gasteiger partial charge on any atom is 0.0590 e. The van der Waals surface area contributed by atoms with Gasteiger partial charge in [0.25, 0.3) is 0 Å². The van der Waals surface area contributed by atoms with E-state index in [1.165, 1.54) is 25.7 Å². The quantitative estimate of drug-likeness (QED) is 0.564. The zero-order chi connectivity index (χ0) is 10.8. The molecule has 2 N–H and O–H groups in total. The second-order valence-electron chi connectivity index (χ2n) is 4.12. The van der Waals surface area contributed by atoms with E-state index in [4.69, 9.17) is 5.11 Å². The third-order valence-electron chi connectivity index (χ3n) is 2.91. The molecule has 0 saturated carbocycles. The smallest absolute Gasteiger partial charge is 0.0590 e. The Balaban J connectivity index is 3.37. The summed E-state index contributed by atoms with van der Waals surface area (Å²) < 4.78 is 0. The molecule has 0 unspecified atom stereocenters. The van der Waals surface area contributed by atoms with E-state index < -0.39 is 0 Å². The molecule has 0 aromatic heterocycles. The number of aliphatic hydroxyl groups excluding tert-OH is 2. The lowest BCUT2D eigenvalue weighted by molar-refractivity contribution is 0.0569. The predicted octanol–water partition coefficient (Wildman–Crippen LogP) is 2.73. The van der Waals surface area contributed by atoms with Gasteiger partial charge in [-0.25, -0.2) is 0 Å². The Labute approximate surface area is 88.3 Å². The third kappa shape index (κ3) is 6.39. The molecule has 0 radical (unpaired) electrons. The van der Waals surface area contributed by atoms with Gasteiger partial charge in [0, 0.05) is 12.5 Å². The van der Waals surface area contributed by atoms with E-state index in [1.807, 2.05) is 6.92 Å². The molecule has 0 aromatic rings. The summed E-state index contributed by atoms with van der Waals surface area (Å²) in [4.78, 5) is 0. The Morgan fingerprint density at radius 3 is 2.14 bits per heavy atom. The van der Waals surface area contributed by atoms with Gasteiger partial charge in [-0.1, -0.05) is 46.0 Å². The van der Waals surface area contributed by atoms with Gasteiger partial charge in [-0.2, -0.15) is 0 Å². The van der Waals surface area contributed by atoms with Gasteiger partial charge in [-0.05, 0) is 12.8 Å². The van der Waals surface area contributed by atoms with Crippen molar-refractivity contribution in [1.29, 1.82) is 0 Å². The molecular formula is C12H26O2. The van der Waals surface area contributed by atoms with Gasteiger partial charge >= 0.3 is 0 Å². The van der Waals surface area contributed by atoms with Crippen molar-refractivity contribution < 1.29 is 10.2 Å². The van der Waals surface area contributed by atoms with Crippen molar-refractivity contribution in [2.45, 2.75) is 64.9 Å². The van der Waals surface area contributed by atoms with Crippen LogP contribution in [0.3, 0.4) is 0 Å². The minimum Gasteiger partial charge on any atom is -0.396 e. The summed E-state index contributed by atoms with van der Waals surface area (Å²) in [7, 11) is 0. The Bertz CT molecular complexity index is 111. The molecule has 0 spiro atoms. The predicted molar refractivity (Wildman–Crippen MR) is 60.2 cm³/mol. The van der Waals surface area contributed by atoms with Gasteiger partial charge < -0.3 is 10.2 Å². The standard InChI is InChI=1S/C12H26O2/c1-3-5-6-7-8-9-12(14)11(4-2)10-13/h11-14H,3-10H2,1-2H3/t11-,12-/m1/s1. The minimum absolute atomic E-state index is 0.0844. The molecule has 0 aliphatic rings. The van der Waals surface area contributed by atoms with Crippen LogP contribution in [0.2, 0.25) is 0 Å². The van der Waals surface area contributed by atoms with Crippen LogP contribution in [-0.4, -0.2) is 22.9 Å². The first-order valence-electron chi connectivity index (χ1n) is 6.05. The first-order valence-corrected chi connectivity index (χ1v) is 6.05. The van der Waals surface area contributed by atoms with E-state index in [0.717, 1.165) is 19.3 Å². The molecule has 0 aliphatic carbocycles. The van der Waals surface area contributed by atoms with Gasteiger partial charge in [-0.3, -0.25) is 0 Å². The number of unbranched alkanes of at least 4 members (excludes halogenated alkanes) is 4. The number of hydrogen-bond acceptors (Lipinski definition) is 2. The van der Waals surface area contributed by atoms with Crippen LogP contribution < -0.4 is 0 Å². The Hall–Kier alpha value is -0.0800. The summed E-state index contributed by atoms with van der Waals surface area (Å²) in [5.74, 6) is 0.0844.